The van der Waals surface area contributed by atoms with Crippen molar-refractivity contribution in [3.8, 4) is 0 Å². The molecular weight excluding hydrogens is 378 g/mol. The van der Waals surface area contributed by atoms with Crippen molar-refractivity contribution < 1.29 is 18.0 Å². The van der Waals surface area contributed by atoms with Crippen LogP contribution in [-0.2, 0) is 14.8 Å². The van der Waals surface area contributed by atoms with Crippen LogP contribution >= 0.6 is 0 Å². The highest BCUT2D eigenvalue weighted by Gasteiger charge is 2.45. The third kappa shape index (κ3) is 2.73. The van der Waals surface area contributed by atoms with Crippen molar-refractivity contribution in [3.63, 3.8) is 0 Å². The molecule has 142 valence electrons. The Balaban J connectivity index is 1.68. The van der Waals surface area contributed by atoms with Crippen LogP contribution < -0.4 is 5.32 Å². The number of anilines is 1. The van der Waals surface area contributed by atoms with Crippen LogP contribution in [0.5, 0.6) is 0 Å². The summed E-state index contributed by atoms with van der Waals surface area (Å²) >= 11 is 0. The first-order valence-electron chi connectivity index (χ1n) is 8.65. The number of nitrogens with zero attached hydrogens (tertiary/aromatic N) is 2. The van der Waals surface area contributed by atoms with E-state index in [1.807, 2.05) is 19.1 Å². The molecule has 4 rings (SSSR count). The second-order valence-corrected chi connectivity index (χ2v) is 8.44. The van der Waals surface area contributed by atoms with Crippen molar-refractivity contribution in [2.75, 3.05) is 5.32 Å². The Morgan fingerprint density at radius 1 is 1.14 bits per heavy atom. The van der Waals surface area contributed by atoms with Crippen LogP contribution in [0.15, 0.2) is 59.6 Å². The van der Waals surface area contributed by atoms with E-state index in [1.54, 1.807) is 30.5 Å². The summed E-state index contributed by atoms with van der Waals surface area (Å²) in [5.74, 6) is -1.31. The molecule has 0 aliphatic carbocycles. The molecule has 2 heterocycles. The standard InChI is InChI=1S/C20H17N3O4S/c1-12-10-14-6-5-9-21-18(14)16(11-12)22-19(24)13(2)23-20(25)15-7-3-4-8-17(15)28(23,26)27/h3-11,13H,1-2H3,(H,22,24). The number of sulfonamides is 1. The van der Waals surface area contributed by atoms with Gasteiger partial charge < -0.3 is 5.32 Å². The molecule has 1 N–H and O–H groups in total. The van der Waals surface area contributed by atoms with E-state index < -0.39 is 27.9 Å². The Hall–Kier alpha value is -3.26. The molecule has 0 fully saturated rings. The lowest BCUT2D eigenvalue weighted by Crippen LogP contribution is -2.45. The molecule has 8 heteroatoms. The molecular formula is C20H17N3O4S. The first kappa shape index (κ1) is 18.1. The second kappa shape index (κ2) is 6.42. The number of aryl methyl sites for hydroxylation is 1. The second-order valence-electron chi connectivity index (χ2n) is 6.66. The Kier molecular flexibility index (Phi) is 4.15. The van der Waals surface area contributed by atoms with Gasteiger partial charge in [-0.15, -0.1) is 0 Å². The van der Waals surface area contributed by atoms with E-state index in [2.05, 4.69) is 10.3 Å². The minimum atomic E-state index is -4.08. The summed E-state index contributed by atoms with van der Waals surface area (Å²) in [4.78, 5) is 29.7. The van der Waals surface area contributed by atoms with Crippen LogP contribution in [-0.4, -0.2) is 35.6 Å². The van der Waals surface area contributed by atoms with Crippen molar-refractivity contribution in [3.05, 3.63) is 65.9 Å². The molecule has 1 aliphatic rings. The van der Waals surface area contributed by atoms with Crippen molar-refractivity contribution in [2.24, 2.45) is 0 Å². The quantitative estimate of drug-likeness (QED) is 0.736. The van der Waals surface area contributed by atoms with Crippen LogP contribution in [0.1, 0.15) is 22.8 Å². The van der Waals surface area contributed by atoms with Gasteiger partial charge >= 0.3 is 0 Å². The third-order valence-electron chi connectivity index (χ3n) is 4.69. The van der Waals surface area contributed by atoms with Gasteiger partial charge in [0.2, 0.25) is 5.91 Å². The molecule has 0 saturated heterocycles. The van der Waals surface area contributed by atoms with Gasteiger partial charge in [0, 0.05) is 11.6 Å². The zero-order valence-electron chi connectivity index (χ0n) is 15.2. The molecule has 0 radical (unpaired) electrons. The Morgan fingerprint density at radius 3 is 2.64 bits per heavy atom. The monoisotopic (exact) mass is 395 g/mol. The predicted octanol–water partition coefficient (Wildman–Crippen LogP) is 2.71. The van der Waals surface area contributed by atoms with E-state index >= 15 is 0 Å². The maximum Gasteiger partial charge on any atom is 0.269 e. The van der Waals surface area contributed by atoms with E-state index in [-0.39, 0.29) is 10.5 Å². The molecule has 2 amide bonds. The van der Waals surface area contributed by atoms with Crippen molar-refractivity contribution in [1.82, 2.24) is 9.29 Å². The van der Waals surface area contributed by atoms with Crippen molar-refractivity contribution >= 4 is 38.4 Å². The van der Waals surface area contributed by atoms with Gasteiger partial charge in [-0.25, -0.2) is 12.7 Å². The molecule has 1 atom stereocenters. The predicted molar refractivity (Wildman–Crippen MR) is 104 cm³/mol. The summed E-state index contributed by atoms with van der Waals surface area (Å²) < 4.78 is 26.2. The summed E-state index contributed by atoms with van der Waals surface area (Å²) in [5.41, 5.74) is 2.05. The molecule has 0 saturated carbocycles. The molecule has 1 aliphatic heterocycles. The van der Waals surface area contributed by atoms with Gasteiger partial charge in [0.1, 0.15) is 10.9 Å². The first-order chi connectivity index (χ1) is 13.3. The maximum atomic E-state index is 12.8. The molecule has 3 aromatic rings. The molecule has 2 aromatic carbocycles. The molecule has 28 heavy (non-hydrogen) atoms. The van der Waals surface area contributed by atoms with Gasteiger partial charge in [0.05, 0.1) is 16.8 Å². The number of benzene rings is 2. The highest BCUT2D eigenvalue weighted by molar-refractivity contribution is 7.90. The molecule has 0 bridgehead atoms. The van der Waals surface area contributed by atoms with Crippen molar-refractivity contribution in [2.45, 2.75) is 24.8 Å². The fraction of sp³-hybridized carbons (Fsp3) is 0.150. The number of aromatic nitrogens is 1. The van der Waals surface area contributed by atoms with Crippen molar-refractivity contribution in [1.29, 1.82) is 0 Å². The molecule has 7 nitrogen and oxygen atoms in total. The maximum absolute atomic E-state index is 12.8. The van der Waals surface area contributed by atoms with E-state index in [1.165, 1.54) is 19.1 Å². The summed E-state index contributed by atoms with van der Waals surface area (Å²) in [6.45, 7) is 3.28. The van der Waals surface area contributed by atoms with Gasteiger partial charge in [-0.2, -0.15) is 0 Å². The molecule has 1 aromatic heterocycles. The van der Waals surface area contributed by atoms with E-state index in [0.29, 0.717) is 15.5 Å². The van der Waals surface area contributed by atoms with E-state index in [9.17, 15) is 18.0 Å². The number of hydrogen-bond donors (Lipinski definition) is 1. The van der Waals surface area contributed by atoms with Crippen LogP contribution in [0.3, 0.4) is 0 Å². The number of carbonyl (C=O) groups excluding carboxylic acids is 2. The number of pyridine rings is 1. The van der Waals surface area contributed by atoms with Gasteiger partial charge in [-0.1, -0.05) is 18.2 Å². The van der Waals surface area contributed by atoms with E-state index in [4.69, 9.17) is 0 Å². The number of rotatable bonds is 3. The normalized spacial score (nSPS) is 16.1. The Bertz CT molecular complexity index is 1240. The SMILES string of the molecule is Cc1cc(NC(=O)C(C)N2C(=O)c3ccccc3S2(=O)=O)c2ncccc2c1. The zero-order chi connectivity index (χ0) is 20.1. The number of fused-ring (bicyclic) bond motifs is 2. The summed E-state index contributed by atoms with van der Waals surface area (Å²) in [6.07, 6.45) is 1.61. The van der Waals surface area contributed by atoms with Crippen LogP contribution in [0.25, 0.3) is 10.9 Å². The van der Waals surface area contributed by atoms with Gasteiger partial charge in [0.25, 0.3) is 15.9 Å². The summed E-state index contributed by atoms with van der Waals surface area (Å²) in [7, 11) is -4.08. The highest BCUT2D eigenvalue weighted by Crippen LogP contribution is 2.32. The number of nitrogens with one attached hydrogen (secondary N) is 1. The molecule has 0 spiro atoms. The van der Waals surface area contributed by atoms with E-state index in [0.717, 1.165) is 10.9 Å². The lowest BCUT2D eigenvalue weighted by atomic mass is 10.1. The largest absolute Gasteiger partial charge is 0.322 e. The summed E-state index contributed by atoms with van der Waals surface area (Å²) in [5, 5.41) is 3.58. The number of amides is 2. The van der Waals surface area contributed by atoms with Crippen LogP contribution in [0.4, 0.5) is 5.69 Å². The topological polar surface area (TPSA) is 96.4 Å². The average molecular weight is 395 g/mol. The highest BCUT2D eigenvalue weighted by atomic mass is 32.2. The fourth-order valence-electron chi connectivity index (χ4n) is 3.37. The first-order valence-corrected chi connectivity index (χ1v) is 10.1. The van der Waals surface area contributed by atoms with Crippen LogP contribution in [0.2, 0.25) is 0 Å². The lowest BCUT2D eigenvalue weighted by Gasteiger charge is -2.22. The average Bonchev–Trinajstić information content (AvgIpc) is 2.87. The van der Waals surface area contributed by atoms with Gasteiger partial charge in [0.15, 0.2) is 0 Å². The Labute approximate surface area is 162 Å². The summed E-state index contributed by atoms with van der Waals surface area (Å²) in [6, 6.07) is 12.1. The third-order valence-corrected chi connectivity index (χ3v) is 6.60. The fourth-order valence-corrected chi connectivity index (χ4v) is 5.09. The van der Waals surface area contributed by atoms with Crippen LogP contribution in [0, 0.1) is 6.92 Å². The molecule has 1 unspecified atom stereocenters. The smallest absolute Gasteiger partial charge is 0.269 e. The number of carbonyl (C=O) groups is 2. The minimum absolute atomic E-state index is 0.0739. The lowest BCUT2D eigenvalue weighted by molar-refractivity contribution is -0.118. The van der Waals surface area contributed by atoms with Gasteiger partial charge in [-0.3, -0.25) is 14.6 Å². The minimum Gasteiger partial charge on any atom is -0.322 e. The Morgan fingerprint density at radius 2 is 1.89 bits per heavy atom. The van der Waals surface area contributed by atoms with Gasteiger partial charge in [-0.05, 0) is 49.7 Å². The number of hydrogen-bond acceptors (Lipinski definition) is 5. The zero-order valence-corrected chi connectivity index (χ0v) is 16.0.